The van der Waals surface area contributed by atoms with Crippen molar-refractivity contribution in [3.05, 3.63) is 181 Å². The molecule has 1 aliphatic heterocycles. The van der Waals surface area contributed by atoms with Gasteiger partial charge in [0.25, 0.3) is 0 Å². The van der Waals surface area contributed by atoms with Crippen molar-refractivity contribution in [2.45, 2.75) is 52.4 Å². The number of hydrogen-bond donors (Lipinski definition) is 0. The Hall–Kier alpha value is -6.15. The van der Waals surface area contributed by atoms with E-state index in [1.807, 2.05) is 42.6 Å². The number of para-hydroxylation sites is 3. The third-order valence-electron chi connectivity index (χ3n) is 10.7. The first-order chi connectivity index (χ1) is 27.4. The van der Waals surface area contributed by atoms with Gasteiger partial charge in [0.15, 0.2) is 5.69 Å². The van der Waals surface area contributed by atoms with Crippen molar-refractivity contribution in [1.82, 2.24) is 9.55 Å². The van der Waals surface area contributed by atoms with Crippen molar-refractivity contribution in [2.24, 2.45) is 0 Å². The van der Waals surface area contributed by atoms with Gasteiger partial charge in [-0.15, -0.1) is 53.6 Å². The Balaban J connectivity index is 0.00000469. The van der Waals surface area contributed by atoms with Crippen molar-refractivity contribution in [3.8, 4) is 28.4 Å². The third kappa shape index (κ3) is 7.16. The Kier molecular flexibility index (Phi) is 10.00. The first-order valence-electron chi connectivity index (χ1n) is 19.2. The molecule has 6 aromatic carbocycles. The molecule has 2 aromatic heterocycles. The average molecular weight is 936 g/mol. The van der Waals surface area contributed by atoms with Crippen LogP contribution >= 0.6 is 0 Å². The van der Waals surface area contributed by atoms with Crippen molar-refractivity contribution in [1.29, 1.82) is 0 Å². The molecule has 0 amide bonds. The van der Waals surface area contributed by atoms with Crippen molar-refractivity contribution in [3.63, 3.8) is 0 Å². The number of fused-ring (bicyclic) bond motifs is 4. The van der Waals surface area contributed by atoms with Crippen LogP contribution in [0.15, 0.2) is 140 Å². The molecular weight excluding hydrogens is 894 g/mol. The molecule has 0 unspecified atom stereocenters. The van der Waals surface area contributed by atoms with Crippen LogP contribution in [0.1, 0.15) is 52.7 Å². The second kappa shape index (κ2) is 15.0. The number of hydrogen-bond acceptors (Lipinski definition) is 4. The Morgan fingerprint density at radius 3 is 2.09 bits per heavy atom. The molecule has 7 heteroatoms. The molecule has 0 radical (unpaired) electrons. The molecule has 0 saturated heterocycles. The first kappa shape index (κ1) is 38.7. The summed E-state index contributed by atoms with van der Waals surface area (Å²) in [6.07, 6.45) is 1.89. The summed E-state index contributed by atoms with van der Waals surface area (Å²) in [5.74, 6) is 1.94. The first-order valence-corrected chi connectivity index (χ1v) is 19.2. The van der Waals surface area contributed by atoms with Gasteiger partial charge in [0, 0.05) is 61.3 Å². The summed E-state index contributed by atoms with van der Waals surface area (Å²) in [7, 11) is 0. The Labute approximate surface area is 355 Å². The summed E-state index contributed by atoms with van der Waals surface area (Å²) < 4.78 is 8.94. The molecule has 3 heterocycles. The number of anilines is 4. The molecule has 0 fully saturated rings. The van der Waals surface area contributed by atoms with Gasteiger partial charge < -0.3 is 19.1 Å². The molecule has 0 aliphatic carbocycles. The van der Waals surface area contributed by atoms with Crippen LogP contribution < -0.4 is 14.5 Å². The number of pyridine rings is 1. The Morgan fingerprint density at radius 1 is 0.638 bits per heavy atom. The van der Waals surface area contributed by atoms with E-state index in [1.165, 1.54) is 11.1 Å². The summed E-state index contributed by atoms with van der Waals surface area (Å²) in [6.45, 7) is 23.0. The molecule has 290 valence electrons. The van der Waals surface area contributed by atoms with Gasteiger partial charge in [0.1, 0.15) is 5.82 Å². The Bertz CT molecular complexity index is 2860. The van der Waals surface area contributed by atoms with E-state index in [0.29, 0.717) is 17.2 Å². The van der Waals surface area contributed by atoms with Gasteiger partial charge in [-0.2, -0.15) is 6.07 Å². The molecule has 0 saturated carbocycles. The topological polar surface area (TPSA) is 37.9 Å². The molecule has 0 spiro atoms. The molecule has 9 rings (SSSR count). The molecule has 0 bridgehead atoms. The number of nitrogens with zero attached hydrogens (tertiary/aromatic N) is 5. The van der Waals surface area contributed by atoms with Crippen LogP contribution in [0.5, 0.6) is 11.5 Å². The third-order valence-corrected chi connectivity index (χ3v) is 10.7. The fourth-order valence-electron chi connectivity index (χ4n) is 7.54. The van der Waals surface area contributed by atoms with Crippen molar-refractivity contribution in [2.75, 3.05) is 9.80 Å². The predicted molar refractivity (Wildman–Crippen MR) is 233 cm³/mol. The summed E-state index contributed by atoms with van der Waals surface area (Å²) in [5, 5.41) is 2.19. The van der Waals surface area contributed by atoms with Gasteiger partial charge >= 0.3 is 0 Å². The minimum absolute atomic E-state index is 0. The molecular formula is C51H42N5OPt-3. The Morgan fingerprint density at radius 2 is 1.34 bits per heavy atom. The summed E-state index contributed by atoms with van der Waals surface area (Å²) in [6, 6.07) is 53.0. The van der Waals surface area contributed by atoms with E-state index < -0.39 is 0 Å². The zero-order chi connectivity index (χ0) is 39.5. The van der Waals surface area contributed by atoms with Crippen LogP contribution in [0.4, 0.5) is 28.4 Å². The van der Waals surface area contributed by atoms with Gasteiger partial charge in [-0.1, -0.05) is 114 Å². The maximum Gasteiger partial charge on any atom is 0.187 e. The van der Waals surface area contributed by atoms with Gasteiger partial charge in [-0.05, 0) is 75.4 Å². The smallest absolute Gasteiger partial charge is 0.187 e. The molecule has 58 heavy (non-hydrogen) atoms. The van der Waals surface area contributed by atoms with Crippen molar-refractivity contribution >= 4 is 50.2 Å². The molecule has 8 aromatic rings. The van der Waals surface area contributed by atoms with E-state index >= 15 is 0 Å². The predicted octanol–water partition coefficient (Wildman–Crippen LogP) is 13.8. The van der Waals surface area contributed by atoms with E-state index in [0.717, 1.165) is 61.5 Å². The van der Waals surface area contributed by atoms with E-state index in [-0.39, 0.29) is 31.9 Å². The van der Waals surface area contributed by atoms with Crippen LogP contribution in [0.25, 0.3) is 43.6 Å². The minimum Gasteiger partial charge on any atom is -0.509 e. The standard InChI is InChI=1S/C51H42N5O.Pt/c1-50(2,3)36-13-12-14-39(29-36)54-33-55(47-18-11-10-17-46(47)54)40-27-35(34-19-21-38(52-7)22-20-34)28-42(31-40)57-41-23-24-44-43-15-8-9-16-45(43)56(48(44)32-41)49-30-37(25-26-53-49)51(4,5)6;/h8-30,33H,1-6H3;/q-3;. The second-order valence-corrected chi connectivity index (χ2v) is 16.6. The van der Waals surface area contributed by atoms with Crippen LogP contribution in [-0.2, 0) is 31.9 Å². The van der Waals surface area contributed by atoms with E-state index in [4.69, 9.17) is 16.3 Å². The maximum atomic E-state index is 7.51. The second-order valence-electron chi connectivity index (χ2n) is 16.6. The number of benzene rings is 6. The number of ether oxygens (including phenoxy) is 1. The van der Waals surface area contributed by atoms with Gasteiger partial charge in [0.05, 0.1) is 6.57 Å². The van der Waals surface area contributed by atoms with Crippen LogP contribution in [0.3, 0.4) is 0 Å². The van der Waals surface area contributed by atoms with Gasteiger partial charge in [-0.3, -0.25) is 0 Å². The van der Waals surface area contributed by atoms with Crippen molar-refractivity contribution < 1.29 is 25.8 Å². The summed E-state index contributed by atoms with van der Waals surface area (Å²) in [5.41, 5.74) is 10.9. The average Bonchev–Trinajstić information content (AvgIpc) is 3.76. The largest absolute Gasteiger partial charge is 0.509 e. The number of rotatable bonds is 6. The molecule has 0 N–H and O–H groups in total. The fourth-order valence-corrected chi connectivity index (χ4v) is 7.54. The SMILES string of the molecule is [C-]#[N+]c1ccc(-c2cc(Oc3[c-]c4c(cc3)c3ccccc3n4-c3cc(C(C)(C)C)ccn3)[c-]c(N3[CH-]N(c4cccc(C(C)(C)C)c4)c4ccccc43)c2)cc1.[Pt]. The van der Waals surface area contributed by atoms with Crippen LogP contribution in [0.2, 0.25) is 0 Å². The summed E-state index contributed by atoms with van der Waals surface area (Å²) >= 11 is 0. The van der Waals surface area contributed by atoms with E-state index in [2.05, 4.69) is 177 Å². The van der Waals surface area contributed by atoms with E-state index in [9.17, 15) is 0 Å². The van der Waals surface area contributed by atoms with E-state index in [1.54, 1.807) is 0 Å². The zero-order valence-corrected chi connectivity index (χ0v) is 35.6. The van der Waals surface area contributed by atoms with Gasteiger partial charge in [-0.25, -0.2) is 9.83 Å². The zero-order valence-electron chi connectivity index (χ0n) is 33.3. The maximum absolute atomic E-state index is 7.51. The number of aromatic nitrogens is 2. The monoisotopic (exact) mass is 935 g/mol. The summed E-state index contributed by atoms with van der Waals surface area (Å²) in [4.78, 5) is 12.9. The minimum atomic E-state index is -0.0376. The van der Waals surface area contributed by atoms with Crippen LogP contribution in [0, 0.1) is 25.4 Å². The van der Waals surface area contributed by atoms with Gasteiger partial charge in [0.2, 0.25) is 0 Å². The fraction of sp³-hybridized carbons (Fsp3) is 0.157. The molecule has 1 aliphatic rings. The van der Waals surface area contributed by atoms with Crippen LogP contribution in [-0.4, -0.2) is 9.55 Å². The quantitative estimate of drug-likeness (QED) is 0.156. The normalized spacial score (nSPS) is 12.7. The molecule has 0 atom stereocenters. The molecule has 6 nitrogen and oxygen atoms in total.